The van der Waals surface area contributed by atoms with E-state index in [0.29, 0.717) is 17.2 Å². The van der Waals surface area contributed by atoms with Crippen LogP contribution in [0.15, 0.2) is 35.6 Å². The minimum Gasteiger partial charge on any atom is -0.499 e. The van der Waals surface area contributed by atoms with Gasteiger partial charge in [0.15, 0.2) is 5.57 Å². The highest BCUT2D eigenvalue weighted by atomic mass is 35.5. The largest absolute Gasteiger partial charge is 0.499 e. The molecule has 1 aromatic rings. The van der Waals surface area contributed by atoms with Crippen LogP contribution in [0.25, 0.3) is 0 Å². The van der Waals surface area contributed by atoms with Crippen LogP contribution in [0, 0.1) is 22.7 Å². The number of benzene rings is 1. The van der Waals surface area contributed by atoms with E-state index < -0.39 is 0 Å². The molecule has 0 aliphatic heterocycles. The molecule has 16 heavy (non-hydrogen) atoms. The highest BCUT2D eigenvalue weighted by molar-refractivity contribution is 6.30. The molecule has 0 unspecified atom stereocenters. The van der Waals surface area contributed by atoms with Crippen LogP contribution in [0.5, 0.6) is 0 Å². The van der Waals surface area contributed by atoms with Gasteiger partial charge in [-0.2, -0.15) is 10.5 Å². The van der Waals surface area contributed by atoms with Gasteiger partial charge < -0.3 is 4.74 Å². The third-order valence-corrected chi connectivity index (χ3v) is 2.28. The zero-order chi connectivity index (χ0) is 12.0. The average molecular weight is 233 g/mol. The van der Waals surface area contributed by atoms with Crippen molar-refractivity contribution in [2.75, 3.05) is 7.11 Å². The monoisotopic (exact) mass is 232 g/mol. The maximum atomic E-state index is 8.72. The van der Waals surface area contributed by atoms with Gasteiger partial charge in [-0.05, 0) is 17.7 Å². The number of hydrogen-bond acceptors (Lipinski definition) is 3. The van der Waals surface area contributed by atoms with E-state index in [9.17, 15) is 0 Å². The fourth-order valence-corrected chi connectivity index (χ4v) is 1.33. The molecule has 0 spiro atoms. The van der Waals surface area contributed by atoms with Gasteiger partial charge in [0.25, 0.3) is 0 Å². The Bertz CT molecular complexity index is 461. The lowest BCUT2D eigenvalue weighted by molar-refractivity contribution is 0.281. The van der Waals surface area contributed by atoms with Gasteiger partial charge in [0.1, 0.15) is 17.9 Å². The van der Waals surface area contributed by atoms with Crippen molar-refractivity contribution in [3.63, 3.8) is 0 Å². The molecule has 80 valence electrons. The van der Waals surface area contributed by atoms with E-state index in [0.717, 1.165) is 5.56 Å². The molecule has 0 radical (unpaired) electrons. The Kier molecular flexibility index (Phi) is 4.39. The Morgan fingerprint density at radius 1 is 1.25 bits per heavy atom. The number of hydrogen-bond donors (Lipinski definition) is 0. The zero-order valence-corrected chi connectivity index (χ0v) is 9.45. The molecule has 0 amide bonds. The van der Waals surface area contributed by atoms with Crippen molar-refractivity contribution in [1.29, 1.82) is 10.5 Å². The molecule has 0 fully saturated rings. The summed E-state index contributed by atoms with van der Waals surface area (Å²) >= 11 is 5.75. The number of allylic oxidation sites excluding steroid dienone is 2. The predicted molar refractivity (Wildman–Crippen MR) is 60.4 cm³/mol. The second-order valence-electron chi connectivity index (χ2n) is 3.03. The standard InChI is InChI=1S/C12H9ClN2O/c1-16-12(10(7-14)8-15)6-9-2-4-11(13)5-3-9/h2-5H,6H2,1H3. The first-order chi connectivity index (χ1) is 7.71. The maximum Gasteiger partial charge on any atom is 0.167 e. The van der Waals surface area contributed by atoms with Gasteiger partial charge >= 0.3 is 0 Å². The molecule has 0 heterocycles. The lowest BCUT2D eigenvalue weighted by Crippen LogP contribution is -1.97. The molecular formula is C12H9ClN2O. The summed E-state index contributed by atoms with van der Waals surface area (Å²) in [4.78, 5) is 0. The maximum absolute atomic E-state index is 8.72. The van der Waals surface area contributed by atoms with Gasteiger partial charge in [0.2, 0.25) is 0 Å². The van der Waals surface area contributed by atoms with E-state index in [2.05, 4.69) is 0 Å². The van der Waals surface area contributed by atoms with Crippen molar-refractivity contribution in [1.82, 2.24) is 0 Å². The summed E-state index contributed by atoms with van der Waals surface area (Å²) in [6.45, 7) is 0. The lowest BCUT2D eigenvalue weighted by Gasteiger charge is -2.06. The Hall–Kier alpha value is -1.97. The smallest absolute Gasteiger partial charge is 0.167 e. The van der Waals surface area contributed by atoms with Crippen LogP contribution in [0.4, 0.5) is 0 Å². The third-order valence-electron chi connectivity index (χ3n) is 2.03. The quantitative estimate of drug-likeness (QED) is 0.595. The van der Waals surface area contributed by atoms with Crippen molar-refractivity contribution in [2.45, 2.75) is 6.42 Å². The van der Waals surface area contributed by atoms with E-state index in [-0.39, 0.29) is 5.57 Å². The molecule has 1 aromatic carbocycles. The van der Waals surface area contributed by atoms with Gasteiger partial charge in [0, 0.05) is 11.4 Å². The zero-order valence-electron chi connectivity index (χ0n) is 8.70. The van der Waals surface area contributed by atoms with Gasteiger partial charge in [-0.25, -0.2) is 0 Å². The van der Waals surface area contributed by atoms with Crippen molar-refractivity contribution >= 4 is 11.6 Å². The van der Waals surface area contributed by atoms with E-state index in [4.69, 9.17) is 26.9 Å². The molecule has 0 saturated heterocycles. The van der Waals surface area contributed by atoms with E-state index in [1.165, 1.54) is 7.11 Å². The van der Waals surface area contributed by atoms with Crippen LogP contribution >= 0.6 is 11.6 Å². The fourth-order valence-electron chi connectivity index (χ4n) is 1.20. The van der Waals surface area contributed by atoms with Gasteiger partial charge in [-0.1, -0.05) is 23.7 Å². The SMILES string of the molecule is COC(Cc1ccc(Cl)cc1)=C(C#N)C#N. The first-order valence-corrected chi connectivity index (χ1v) is 4.91. The first-order valence-electron chi connectivity index (χ1n) is 4.53. The summed E-state index contributed by atoms with van der Waals surface area (Å²) in [6, 6.07) is 10.8. The number of ether oxygens (including phenoxy) is 1. The van der Waals surface area contributed by atoms with Crippen LogP contribution in [0.2, 0.25) is 5.02 Å². The molecule has 0 bridgehead atoms. The van der Waals surface area contributed by atoms with Crippen LogP contribution in [-0.4, -0.2) is 7.11 Å². The molecule has 3 nitrogen and oxygen atoms in total. The highest BCUT2D eigenvalue weighted by Crippen LogP contribution is 2.15. The molecule has 0 aliphatic carbocycles. The molecule has 0 atom stereocenters. The average Bonchev–Trinajstić information content (AvgIpc) is 2.32. The summed E-state index contributed by atoms with van der Waals surface area (Å²) in [5, 5.41) is 18.1. The first kappa shape index (κ1) is 12.1. The number of halogens is 1. The van der Waals surface area contributed by atoms with E-state index >= 15 is 0 Å². The van der Waals surface area contributed by atoms with Gasteiger partial charge in [-0.3, -0.25) is 0 Å². The molecular weight excluding hydrogens is 224 g/mol. The Morgan fingerprint density at radius 2 is 1.81 bits per heavy atom. The minimum atomic E-state index is -0.00236. The number of nitriles is 2. The summed E-state index contributed by atoms with van der Waals surface area (Å²) < 4.78 is 5.03. The molecule has 1 rings (SSSR count). The third kappa shape index (κ3) is 3.02. The lowest BCUT2D eigenvalue weighted by atomic mass is 10.1. The predicted octanol–water partition coefficient (Wildman–Crippen LogP) is 2.83. The van der Waals surface area contributed by atoms with Crippen LogP contribution in [-0.2, 0) is 11.2 Å². The molecule has 0 aliphatic rings. The van der Waals surface area contributed by atoms with Gasteiger partial charge in [-0.15, -0.1) is 0 Å². The Labute approximate surface area is 99.1 Å². The number of methoxy groups -OCH3 is 1. The molecule has 4 heteroatoms. The topological polar surface area (TPSA) is 56.8 Å². The normalized spacial score (nSPS) is 8.75. The second kappa shape index (κ2) is 5.80. The molecule has 0 saturated carbocycles. The highest BCUT2D eigenvalue weighted by Gasteiger charge is 2.07. The van der Waals surface area contributed by atoms with E-state index in [1.807, 2.05) is 12.1 Å². The summed E-state index contributed by atoms with van der Waals surface area (Å²) in [5.74, 6) is 0.368. The summed E-state index contributed by atoms with van der Waals surface area (Å²) in [6.07, 6.45) is 0.407. The van der Waals surface area contributed by atoms with Crippen LogP contribution in [0.1, 0.15) is 5.56 Å². The van der Waals surface area contributed by atoms with Crippen LogP contribution in [0.3, 0.4) is 0 Å². The van der Waals surface area contributed by atoms with Gasteiger partial charge in [0.05, 0.1) is 7.11 Å². The Morgan fingerprint density at radius 3 is 2.25 bits per heavy atom. The fraction of sp³-hybridized carbons (Fsp3) is 0.167. The summed E-state index contributed by atoms with van der Waals surface area (Å²) in [5.41, 5.74) is 0.932. The number of rotatable bonds is 3. The van der Waals surface area contributed by atoms with Crippen LogP contribution < -0.4 is 0 Å². The summed E-state index contributed by atoms with van der Waals surface area (Å²) in [7, 11) is 1.44. The van der Waals surface area contributed by atoms with Crippen molar-refractivity contribution in [2.24, 2.45) is 0 Å². The molecule has 0 N–H and O–H groups in total. The van der Waals surface area contributed by atoms with Crippen molar-refractivity contribution in [3.8, 4) is 12.1 Å². The van der Waals surface area contributed by atoms with Crippen molar-refractivity contribution < 1.29 is 4.74 Å². The second-order valence-corrected chi connectivity index (χ2v) is 3.47. The minimum absolute atomic E-state index is 0.00236. The van der Waals surface area contributed by atoms with E-state index in [1.54, 1.807) is 24.3 Å². The number of nitrogens with zero attached hydrogens (tertiary/aromatic N) is 2. The Balaban J connectivity index is 2.96. The molecule has 0 aromatic heterocycles. The van der Waals surface area contributed by atoms with Crippen molar-refractivity contribution in [3.05, 3.63) is 46.2 Å².